The van der Waals surface area contributed by atoms with Gasteiger partial charge in [-0.3, -0.25) is 4.79 Å². The van der Waals surface area contributed by atoms with Crippen LogP contribution in [-0.2, 0) is 16.1 Å². The van der Waals surface area contributed by atoms with Gasteiger partial charge in [0.1, 0.15) is 6.61 Å². The molecular weight excluding hydrogens is 180 g/mol. The zero-order chi connectivity index (χ0) is 12.9. The Morgan fingerprint density at radius 3 is 2.93 bits per heavy atom. The maximum Gasteiger partial charge on any atom is 0.308 e. The Kier molecular flexibility index (Phi) is 2.70. The van der Waals surface area contributed by atoms with E-state index < -0.39 is 25.3 Å². The van der Waals surface area contributed by atoms with Gasteiger partial charge in [0.25, 0.3) is 0 Å². The van der Waals surface area contributed by atoms with Gasteiger partial charge < -0.3 is 9.84 Å². The van der Waals surface area contributed by atoms with Crippen LogP contribution in [0.25, 0.3) is 0 Å². The molecule has 0 amide bonds. The van der Waals surface area contributed by atoms with E-state index in [1.165, 1.54) is 0 Å². The van der Waals surface area contributed by atoms with Crippen molar-refractivity contribution in [1.29, 1.82) is 0 Å². The van der Waals surface area contributed by atoms with Crippen LogP contribution >= 0.6 is 0 Å². The lowest BCUT2D eigenvalue weighted by Gasteiger charge is -2.05. The summed E-state index contributed by atoms with van der Waals surface area (Å²) >= 11 is 0. The van der Waals surface area contributed by atoms with E-state index in [1.54, 1.807) is 24.3 Å². The van der Waals surface area contributed by atoms with E-state index in [4.69, 9.17) is 8.85 Å². The van der Waals surface area contributed by atoms with E-state index >= 15 is 0 Å². The number of aliphatic hydroxyl groups excluding tert-OH is 1. The lowest BCUT2D eigenvalue weighted by molar-refractivity contribution is -0.146. The topological polar surface area (TPSA) is 46.5 Å². The summed E-state index contributed by atoms with van der Waals surface area (Å²) in [6.45, 7) is -2.47. The number of hydrogen-bond donors (Lipinski definition) is 1. The molecule has 0 heterocycles. The Morgan fingerprint density at radius 2 is 2.29 bits per heavy atom. The molecule has 1 aromatic rings. The van der Waals surface area contributed by atoms with Gasteiger partial charge in [-0.15, -0.1) is 0 Å². The molecular formula is C11H14O3. The highest BCUT2D eigenvalue weighted by atomic mass is 16.5. The van der Waals surface area contributed by atoms with Gasteiger partial charge in [-0.1, -0.05) is 30.3 Å². The third-order valence-electron chi connectivity index (χ3n) is 1.60. The Labute approximate surface area is 87.5 Å². The summed E-state index contributed by atoms with van der Waals surface area (Å²) in [6, 6.07) is 9.02. The highest BCUT2D eigenvalue weighted by Crippen LogP contribution is 2.02. The molecule has 0 aromatic heterocycles. The predicted octanol–water partition coefficient (Wildman–Crippen LogP) is 1.50. The van der Waals surface area contributed by atoms with Gasteiger partial charge in [-0.25, -0.2) is 0 Å². The molecule has 0 aliphatic heterocycles. The molecule has 0 unspecified atom stereocenters. The molecule has 0 aliphatic rings. The van der Waals surface area contributed by atoms with Crippen LogP contribution in [0.2, 0.25) is 0 Å². The average molecular weight is 197 g/mol. The molecule has 0 bridgehead atoms. The third-order valence-corrected chi connectivity index (χ3v) is 1.60. The van der Waals surface area contributed by atoms with Crippen molar-refractivity contribution in [3.05, 3.63) is 35.9 Å². The zero-order valence-electron chi connectivity index (χ0n) is 10.6. The largest absolute Gasteiger partial charge is 0.461 e. The van der Waals surface area contributed by atoms with Crippen molar-refractivity contribution in [2.75, 3.05) is 0 Å². The minimum atomic E-state index is -2.55. The van der Waals surface area contributed by atoms with Crippen LogP contribution in [0.15, 0.2) is 30.3 Å². The van der Waals surface area contributed by atoms with Crippen LogP contribution in [0.4, 0.5) is 0 Å². The molecule has 3 nitrogen and oxygen atoms in total. The first-order valence-corrected chi connectivity index (χ1v) is 4.27. The molecule has 0 saturated carbocycles. The molecule has 76 valence electrons. The first-order valence-electron chi connectivity index (χ1n) is 5.77. The molecule has 0 saturated heterocycles. The summed E-state index contributed by atoms with van der Waals surface area (Å²) in [5.41, 5.74) is 0.809. The Morgan fingerprint density at radius 1 is 1.57 bits per heavy atom. The van der Waals surface area contributed by atoms with E-state index in [0.29, 0.717) is 0 Å². The molecule has 1 atom stereocenters. The fourth-order valence-corrected chi connectivity index (χ4v) is 0.955. The van der Waals surface area contributed by atoms with Crippen molar-refractivity contribution in [1.82, 2.24) is 0 Å². The number of aliphatic hydroxyl groups is 1. The van der Waals surface area contributed by atoms with Crippen molar-refractivity contribution in [2.45, 2.75) is 26.0 Å². The number of benzene rings is 1. The van der Waals surface area contributed by atoms with E-state index in [2.05, 4.69) is 0 Å². The van der Waals surface area contributed by atoms with Crippen molar-refractivity contribution in [2.24, 2.45) is 0 Å². The van der Waals surface area contributed by atoms with Gasteiger partial charge in [0.05, 0.1) is 12.5 Å². The second kappa shape index (κ2) is 5.40. The Hall–Kier alpha value is -1.35. The lowest BCUT2D eigenvalue weighted by Crippen LogP contribution is -2.12. The molecule has 0 aliphatic carbocycles. The Bertz CT molecular complexity index is 362. The minimum Gasteiger partial charge on any atom is -0.461 e. The second-order valence-corrected chi connectivity index (χ2v) is 2.87. The van der Waals surface area contributed by atoms with Gasteiger partial charge >= 0.3 is 5.97 Å². The van der Waals surface area contributed by atoms with Gasteiger partial charge in [0.15, 0.2) is 0 Å². The summed E-state index contributed by atoms with van der Waals surface area (Å²) in [4.78, 5) is 11.2. The average Bonchev–Trinajstić information content (AvgIpc) is 2.26. The quantitative estimate of drug-likeness (QED) is 0.744. The van der Waals surface area contributed by atoms with Crippen LogP contribution in [-0.4, -0.2) is 17.2 Å². The van der Waals surface area contributed by atoms with E-state index in [1.807, 2.05) is 6.07 Å². The predicted molar refractivity (Wildman–Crippen MR) is 52.5 cm³/mol. The van der Waals surface area contributed by atoms with Gasteiger partial charge in [-0.2, -0.15) is 0 Å². The molecule has 1 aromatic carbocycles. The molecule has 0 radical (unpaired) electrons. The number of ether oxygens (including phenoxy) is 1. The molecule has 1 N–H and O–H groups in total. The zero-order valence-corrected chi connectivity index (χ0v) is 7.64. The van der Waals surface area contributed by atoms with Crippen LogP contribution in [0.5, 0.6) is 0 Å². The number of rotatable bonds is 4. The molecule has 0 spiro atoms. The van der Waals surface area contributed by atoms with Crippen molar-refractivity contribution in [3.63, 3.8) is 0 Å². The van der Waals surface area contributed by atoms with Gasteiger partial charge in [0.2, 0.25) is 0 Å². The fraction of sp³-hybridized carbons (Fsp3) is 0.364. The maximum absolute atomic E-state index is 11.2. The van der Waals surface area contributed by atoms with Gasteiger partial charge in [0, 0.05) is 4.11 Å². The normalized spacial score (nSPS) is 16.2. The van der Waals surface area contributed by atoms with E-state index in [0.717, 1.165) is 5.56 Å². The molecule has 0 fully saturated rings. The summed E-state index contributed by atoms with van der Waals surface area (Å²) in [7, 11) is 0. The van der Waals surface area contributed by atoms with Crippen LogP contribution < -0.4 is 0 Å². The SMILES string of the molecule is [2H]C([2H])([2H])[C@@H](O)CC(=O)OCc1ccccc1. The number of carbonyl (C=O) groups is 1. The first kappa shape index (κ1) is 7.01. The smallest absolute Gasteiger partial charge is 0.308 e. The summed E-state index contributed by atoms with van der Waals surface area (Å²) in [5.74, 6) is -0.725. The number of hydrogen-bond acceptors (Lipinski definition) is 3. The molecule has 3 heteroatoms. The summed E-state index contributed by atoms with van der Waals surface area (Å²) < 4.78 is 25.6. The minimum absolute atomic E-state index is 0.0768. The second-order valence-electron chi connectivity index (χ2n) is 2.87. The third kappa shape index (κ3) is 4.05. The fourth-order valence-electron chi connectivity index (χ4n) is 0.955. The number of carbonyl (C=O) groups excluding carboxylic acids is 1. The van der Waals surface area contributed by atoms with E-state index in [-0.39, 0.29) is 6.61 Å². The standard InChI is InChI=1S/C11H14O3/c1-9(12)7-11(13)14-8-10-5-3-2-4-6-10/h2-6,9,12H,7-8H2,1H3/t9-/m1/s1/i1D3. The number of esters is 1. The maximum atomic E-state index is 11.2. The van der Waals surface area contributed by atoms with Crippen molar-refractivity contribution < 1.29 is 18.8 Å². The van der Waals surface area contributed by atoms with Crippen molar-refractivity contribution in [3.8, 4) is 0 Å². The van der Waals surface area contributed by atoms with Crippen LogP contribution in [0.1, 0.15) is 22.9 Å². The van der Waals surface area contributed by atoms with Crippen LogP contribution in [0.3, 0.4) is 0 Å². The van der Waals surface area contributed by atoms with Crippen LogP contribution in [0, 0.1) is 0 Å². The highest BCUT2D eigenvalue weighted by molar-refractivity contribution is 5.69. The summed E-state index contributed by atoms with van der Waals surface area (Å²) in [5, 5.41) is 9.19. The molecule has 1 rings (SSSR count). The van der Waals surface area contributed by atoms with Gasteiger partial charge in [-0.05, 0) is 12.4 Å². The Balaban J connectivity index is 2.36. The van der Waals surface area contributed by atoms with E-state index in [9.17, 15) is 9.90 Å². The monoisotopic (exact) mass is 197 g/mol. The lowest BCUT2D eigenvalue weighted by atomic mass is 10.2. The summed E-state index contributed by atoms with van der Waals surface area (Å²) in [6.07, 6.45) is -2.20. The first-order chi connectivity index (χ1) is 7.89. The molecule has 14 heavy (non-hydrogen) atoms. The highest BCUT2D eigenvalue weighted by Gasteiger charge is 2.06. The van der Waals surface area contributed by atoms with Crippen molar-refractivity contribution >= 4 is 5.97 Å².